The molecular weight excluding hydrogens is 358 g/mol. The topological polar surface area (TPSA) is 46.6 Å². The van der Waals surface area contributed by atoms with Crippen LogP contribution in [0.25, 0.3) is 0 Å². The molecule has 144 valence electrons. The van der Waals surface area contributed by atoms with Gasteiger partial charge in [0.2, 0.25) is 0 Å². The maximum atomic E-state index is 12.9. The molecule has 4 nitrogen and oxygen atoms in total. The zero-order valence-electron chi connectivity index (χ0n) is 16.1. The van der Waals surface area contributed by atoms with Crippen molar-refractivity contribution >= 4 is 23.1 Å². The van der Waals surface area contributed by atoms with E-state index < -0.39 is 5.41 Å². The van der Waals surface area contributed by atoms with Gasteiger partial charge in [-0.2, -0.15) is 0 Å². The van der Waals surface area contributed by atoms with Crippen molar-refractivity contribution in [1.82, 2.24) is 4.90 Å². The summed E-state index contributed by atoms with van der Waals surface area (Å²) in [6.45, 7) is 6.28. The number of nitrogens with zero attached hydrogens (tertiary/aromatic N) is 1. The molecule has 1 aromatic carbocycles. The van der Waals surface area contributed by atoms with Crippen LogP contribution in [0.2, 0.25) is 0 Å². The molecule has 2 aromatic rings. The molecule has 1 atom stereocenters. The van der Waals surface area contributed by atoms with Crippen molar-refractivity contribution in [3.8, 4) is 0 Å². The van der Waals surface area contributed by atoms with Crippen molar-refractivity contribution in [2.75, 3.05) is 19.7 Å². The molecule has 1 unspecified atom stereocenters. The highest BCUT2D eigenvalue weighted by molar-refractivity contribution is 7.12. The quantitative estimate of drug-likeness (QED) is 0.525. The summed E-state index contributed by atoms with van der Waals surface area (Å²) in [4.78, 5) is 27.6. The van der Waals surface area contributed by atoms with Gasteiger partial charge in [-0.25, -0.2) is 0 Å². The monoisotopic (exact) mass is 385 g/mol. The van der Waals surface area contributed by atoms with Gasteiger partial charge in [-0.05, 0) is 62.2 Å². The molecule has 1 aromatic heterocycles. The Labute approximate surface area is 165 Å². The van der Waals surface area contributed by atoms with Crippen molar-refractivity contribution in [3.05, 3.63) is 57.8 Å². The molecule has 1 aliphatic rings. The Balaban J connectivity index is 1.78. The van der Waals surface area contributed by atoms with E-state index in [1.807, 2.05) is 31.2 Å². The molecule has 1 fully saturated rings. The third kappa shape index (κ3) is 4.85. The maximum absolute atomic E-state index is 12.9. The van der Waals surface area contributed by atoms with Crippen LogP contribution in [0.4, 0.5) is 0 Å². The van der Waals surface area contributed by atoms with Crippen LogP contribution in [0, 0.1) is 5.41 Å². The Morgan fingerprint density at radius 1 is 1.22 bits per heavy atom. The van der Waals surface area contributed by atoms with Crippen LogP contribution in [0.1, 0.15) is 47.5 Å². The first kappa shape index (κ1) is 19.8. The average molecular weight is 386 g/mol. The lowest BCUT2D eigenvalue weighted by Gasteiger charge is -2.41. The number of piperidine rings is 1. The van der Waals surface area contributed by atoms with Gasteiger partial charge in [-0.3, -0.25) is 14.5 Å². The van der Waals surface area contributed by atoms with E-state index in [1.165, 1.54) is 16.9 Å². The molecular formula is C22H27NO3S. The Morgan fingerprint density at radius 2 is 2.00 bits per heavy atom. The maximum Gasteiger partial charge on any atom is 0.313 e. The summed E-state index contributed by atoms with van der Waals surface area (Å²) in [5.74, 6) is 0.0168. The average Bonchev–Trinajstić information content (AvgIpc) is 3.12. The molecule has 0 saturated carbocycles. The highest BCUT2D eigenvalue weighted by atomic mass is 32.1. The zero-order chi connectivity index (χ0) is 19.3. The van der Waals surface area contributed by atoms with Gasteiger partial charge in [0.1, 0.15) is 0 Å². The van der Waals surface area contributed by atoms with Crippen LogP contribution in [-0.4, -0.2) is 36.3 Å². The van der Waals surface area contributed by atoms with E-state index in [9.17, 15) is 9.59 Å². The molecule has 1 saturated heterocycles. The number of Topliss-reactive ketones (excluding diaryl/α,β-unsaturated/α-hetero) is 1. The van der Waals surface area contributed by atoms with Gasteiger partial charge >= 0.3 is 5.97 Å². The number of hydrogen-bond donors (Lipinski definition) is 0. The summed E-state index contributed by atoms with van der Waals surface area (Å²) in [6.07, 6.45) is 2.51. The number of hydrogen-bond acceptors (Lipinski definition) is 5. The minimum atomic E-state index is -0.505. The standard InChI is InChI=1S/C22H27NO3S/c1-3-26-21(25)22(13-18-8-5-4-6-9-18)10-7-11-23(16-22)14-19-12-20(17(2)24)27-15-19/h4-6,8-9,12,15H,3,7,10-11,13-14,16H2,1-2H3. The van der Waals surface area contributed by atoms with Gasteiger partial charge in [0.15, 0.2) is 5.78 Å². The lowest BCUT2D eigenvalue weighted by molar-refractivity contribution is -0.159. The molecule has 27 heavy (non-hydrogen) atoms. The molecule has 2 heterocycles. The van der Waals surface area contributed by atoms with Crippen LogP contribution < -0.4 is 0 Å². The van der Waals surface area contributed by atoms with Crippen LogP contribution >= 0.6 is 11.3 Å². The van der Waals surface area contributed by atoms with Crippen molar-refractivity contribution in [3.63, 3.8) is 0 Å². The van der Waals surface area contributed by atoms with Crippen LogP contribution in [0.3, 0.4) is 0 Å². The second-order valence-electron chi connectivity index (χ2n) is 7.35. The van der Waals surface area contributed by atoms with Crippen molar-refractivity contribution < 1.29 is 14.3 Å². The van der Waals surface area contributed by atoms with Gasteiger partial charge in [0.25, 0.3) is 0 Å². The van der Waals surface area contributed by atoms with E-state index in [4.69, 9.17) is 4.74 Å². The second-order valence-corrected chi connectivity index (χ2v) is 8.26. The van der Waals surface area contributed by atoms with E-state index in [2.05, 4.69) is 22.4 Å². The first-order valence-corrected chi connectivity index (χ1v) is 10.4. The minimum absolute atomic E-state index is 0.0895. The first-order chi connectivity index (χ1) is 13.0. The van der Waals surface area contributed by atoms with Gasteiger partial charge in [-0.15, -0.1) is 11.3 Å². The number of ketones is 1. The number of thiophene rings is 1. The third-order valence-corrected chi connectivity index (χ3v) is 6.24. The van der Waals surface area contributed by atoms with Crippen molar-refractivity contribution in [2.45, 2.75) is 39.7 Å². The number of benzene rings is 1. The predicted molar refractivity (Wildman–Crippen MR) is 108 cm³/mol. The molecule has 0 aliphatic carbocycles. The molecule has 0 spiro atoms. The normalized spacial score (nSPS) is 20.4. The smallest absolute Gasteiger partial charge is 0.313 e. The molecule has 0 bridgehead atoms. The predicted octanol–water partition coefficient (Wildman–Crippen LogP) is 4.34. The minimum Gasteiger partial charge on any atom is -0.466 e. The summed E-state index contributed by atoms with van der Waals surface area (Å²) in [5, 5.41) is 2.05. The van der Waals surface area contributed by atoms with Crippen molar-refractivity contribution in [1.29, 1.82) is 0 Å². The Morgan fingerprint density at radius 3 is 2.67 bits per heavy atom. The second kappa shape index (κ2) is 8.81. The molecule has 3 rings (SSSR count). The number of carbonyl (C=O) groups is 2. The summed E-state index contributed by atoms with van der Waals surface area (Å²) >= 11 is 1.50. The lowest BCUT2D eigenvalue weighted by atomic mass is 9.75. The van der Waals surface area contributed by atoms with E-state index in [1.54, 1.807) is 6.92 Å². The van der Waals surface area contributed by atoms with Gasteiger partial charge < -0.3 is 4.74 Å². The van der Waals surface area contributed by atoms with Gasteiger partial charge in [0.05, 0.1) is 16.9 Å². The van der Waals surface area contributed by atoms with E-state index >= 15 is 0 Å². The number of rotatable bonds is 7. The van der Waals surface area contributed by atoms with Crippen LogP contribution in [-0.2, 0) is 22.5 Å². The highest BCUT2D eigenvalue weighted by Gasteiger charge is 2.43. The Hall–Kier alpha value is -1.98. The van der Waals surface area contributed by atoms with Crippen LogP contribution in [0.5, 0.6) is 0 Å². The molecule has 1 aliphatic heterocycles. The number of ether oxygens (including phenoxy) is 1. The summed E-state index contributed by atoms with van der Waals surface area (Å²) < 4.78 is 5.48. The van der Waals surface area contributed by atoms with E-state index in [-0.39, 0.29) is 11.8 Å². The summed E-state index contributed by atoms with van der Waals surface area (Å²) in [6, 6.07) is 12.2. The van der Waals surface area contributed by atoms with Gasteiger partial charge in [0, 0.05) is 13.1 Å². The first-order valence-electron chi connectivity index (χ1n) is 9.54. The third-order valence-electron chi connectivity index (χ3n) is 5.16. The largest absolute Gasteiger partial charge is 0.466 e. The van der Waals surface area contributed by atoms with E-state index in [0.717, 1.165) is 36.4 Å². The fraction of sp³-hybridized carbons (Fsp3) is 0.455. The molecule has 0 amide bonds. The molecule has 0 radical (unpaired) electrons. The number of likely N-dealkylation sites (tertiary alicyclic amines) is 1. The lowest BCUT2D eigenvalue weighted by Crippen LogP contribution is -2.49. The fourth-order valence-corrected chi connectivity index (χ4v) is 4.72. The summed E-state index contributed by atoms with van der Waals surface area (Å²) in [7, 11) is 0. The summed E-state index contributed by atoms with van der Waals surface area (Å²) in [5.41, 5.74) is 1.81. The van der Waals surface area contributed by atoms with E-state index in [0.29, 0.717) is 19.6 Å². The van der Waals surface area contributed by atoms with Crippen LogP contribution in [0.15, 0.2) is 41.8 Å². The van der Waals surface area contributed by atoms with Gasteiger partial charge in [-0.1, -0.05) is 30.3 Å². The van der Waals surface area contributed by atoms with Crippen molar-refractivity contribution in [2.24, 2.45) is 5.41 Å². The molecule has 5 heteroatoms. The zero-order valence-corrected chi connectivity index (χ0v) is 16.9. The Kier molecular flexibility index (Phi) is 6.45. The Bertz CT molecular complexity index is 786. The highest BCUT2D eigenvalue weighted by Crippen LogP contribution is 2.36. The fourth-order valence-electron chi connectivity index (χ4n) is 3.92. The number of esters is 1. The number of carbonyl (C=O) groups excluding carboxylic acids is 2. The SMILES string of the molecule is CCOC(=O)C1(Cc2ccccc2)CCCN(Cc2csc(C(C)=O)c2)C1. The molecule has 0 N–H and O–H groups in total.